The van der Waals surface area contributed by atoms with E-state index < -0.39 is 91.7 Å². The van der Waals surface area contributed by atoms with Gasteiger partial charge in [-0.05, 0) is 0 Å². The minimum absolute atomic E-state index is 0.277. The van der Waals surface area contributed by atoms with Crippen LogP contribution in [0.5, 0.6) is 0 Å². The molecule has 5 rings (SSSR count). The number of rotatable bonds is 4. The molecular formula is C20H12F12O4. The van der Waals surface area contributed by atoms with Gasteiger partial charge in [-0.15, -0.1) is 0 Å². The summed E-state index contributed by atoms with van der Waals surface area (Å²) in [5, 5.41) is 0. The molecule has 0 aromatic rings. The summed E-state index contributed by atoms with van der Waals surface area (Å²) in [5.41, 5.74) is -21.6. The van der Waals surface area contributed by atoms with Crippen LogP contribution in [0.25, 0.3) is 0 Å². The molecule has 0 bridgehead atoms. The molecule has 0 N–H and O–H groups in total. The zero-order valence-electron chi connectivity index (χ0n) is 18.2. The van der Waals surface area contributed by atoms with Gasteiger partial charge in [-0.25, -0.2) is 0 Å². The van der Waals surface area contributed by atoms with E-state index in [0.29, 0.717) is 14.2 Å². The molecule has 200 valence electrons. The van der Waals surface area contributed by atoms with E-state index in [0.717, 1.165) is 0 Å². The molecule has 0 saturated carbocycles. The molecule has 0 heterocycles. The van der Waals surface area contributed by atoms with Crippen LogP contribution in [0.15, 0.2) is 45.0 Å². The third-order valence-electron chi connectivity index (χ3n) is 7.42. The predicted molar refractivity (Wildman–Crippen MR) is 91.3 cm³/mol. The molecule has 0 radical (unpaired) electrons. The largest absolute Gasteiger partial charge is 0.494 e. The van der Waals surface area contributed by atoms with Gasteiger partial charge in [0.15, 0.2) is 11.5 Å². The molecule has 0 saturated heterocycles. The summed E-state index contributed by atoms with van der Waals surface area (Å²) in [6.45, 7) is 0. The molecule has 16 heteroatoms. The third-order valence-corrected chi connectivity index (χ3v) is 7.42. The molecule has 0 fully saturated rings. The molecule has 2 atom stereocenters. The van der Waals surface area contributed by atoms with Crippen LogP contribution in [0.4, 0.5) is 52.7 Å². The molecule has 0 amide bonds. The number of allylic oxidation sites excluding steroid dienone is 2. The Balaban J connectivity index is 2.10. The van der Waals surface area contributed by atoms with Crippen molar-refractivity contribution in [2.45, 2.75) is 46.7 Å². The Kier molecular flexibility index (Phi) is 4.23. The number of halogens is 12. The van der Waals surface area contributed by atoms with Crippen molar-refractivity contribution in [2.75, 3.05) is 28.4 Å². The lowest BCUT2D eigenvalue weighted by Gasteiger charge is -2.67. The van der Waals surface area contributed by atoms with E-state index in [4.69, 9.17) is 0 Å². The highest BCUT2D eigenvalue weighted by atomic mass is 19.3. The van der Waals surface area contributed by atoms with Gasteiger partial charge < -0.3 is 18.9 Å². The highest BCUT2D eigenvalue weighted by Gasteiger charge is 2.96. The van der Waals surface area contributed by atoms with Crippen molar-refractivity contribution in [2.24, 2.45) is 0 Å². The first-order valence-corrected chi connectivity index (χ1v) is 9.72. The lowest BCUT2D eigenvalue weighted by atomic mass is 9.45. The van der Waals surface area contributed by atoms with Crippen molar-refractivity contribution in [1.29, 1.82) is 0 Å². The second-order valence-electron chi connectivity index (χ2n) is 8.53. The molecule has 36 heavy (non-hydrogen) atoms. The number of fused-ring (bicyclic) bond motifs is 6. The quantitative estimate of drug-likeness (QED) is 0.466. The van der Waals surface area contributed by atoms with E-state index in [1.165, 1.54) is 0 Å². The van der Waals surface area contributed by atoms with E-state index in [2.05, 4.69) is 18.9 Å². The summed E-state index contributed by atoms with van der Waals surface area (Å²) in [6, 6.07) is 0. The number of ether oxygens (including phenoxy) is 4. The SMILES string of the molecule is COC1=C2C3=C(C4=C(C5=C(OC)C(F)(F)C5(OC)C2(OC)C1(F)F)C(F)(F)C4(F)F)C(F)(F)C3(F)F. The Bertz CT molecular complexity index is 1160. The first-order valence-electron chi connectivity index (χ1n) is 9.72. The fourth-order valence-electron chi connectivity index (χ4n) is 5.98. The molecule has 2 unspecified atom stereocenters. The van der Waals surface area contributed by atoms with Gasteiger partial charge in [0.25, 0.3) is 0 Å². The Labute approximate surface area is 192 Å². The lowest BCUT2D eigenvalue weighted by molar-refractivity contribution is -0.342. The summed E-state index contributed by atoms with van der Waals surface area (Å²) < 4.78 is 197. The van der Waals surface area contributed by atoms with Crippen molar-refractivity contribution in [1.82, 2.24) is 0 Å². The Morgan fingerprint density at radius 3 is 0.778 bits per heavy atom. The molecule has 0 aromatic carbocycles. The van der Waals surface area contributed by atoms with E-state index in [1.54, 1.807) is 0 Å². The fourth-order valence-corrected chi connectivity index (χ4v) is 5.98. The summed E-state index contributed by atoms with van der Waals surface area (Å²) in [4.78, 5) is 0. The summed E-state index contributed by atoms with van der Waals surface area (Å²) >= 11 is 0. The average Bonchev–Trinajstić information content (AvgIpc) is 2.75. The lowest BCUT2D eigenvalue weighted by Crippen LogP contribution is -2.85. The van der Waals surface area contributed by atoms with Crippen LogP contribution in [0.1, 0.15) is 0 Å². The maximum absolute atomic E-state index is 15.5. The van der Waals surface area contributed by atoms with Crippen LogP contribution in [-0.4, -0.2) is 75.2 Å². The van der Waals surface area contributed by atoms with Gasteiger partial charge in [0.2, 0.25) is 11.2 Å². The van der Waals surface area contributed by atoms with Crippen LogP contribution in [0.2, 0.25) is 0 Å². The van der Waals surface area contributed by atoms with Gasteiger partial charge in [-0.1, -0.05) is 0 Å². The van der Waals surface area contributed by atoms with Crippen LogP contribution in [-0.2, 0) is 18.9 Å². The number of hydrogen-bond donors (Lipinski definition) is 0. The first-order chi connectivity index (χ1) is 16.2. The molecule has 0 aromatic heterocycles. The zero-order valence-corrected chi connectivity index (χ0v) is 18.2. The van der Waals surface area contributed by atoms with Crippen LogP contribution >= 0.6 is 0 Å². The van der Waals surface area contributed by atoms with Crippen molar-refractivity contribution >= 4 is 0 Å². The standard InChI is InChI=1S/C20H12F12O4/c1-33-11-9-7-5(15(21,22)17(7,25)26)6-8(18(27,28)16(6,23)24)10-12(34-2)20(31,32)14(10,36-4)13(9,35-3)19(11,29)30/h1-4H3. The van der Waals surface area contributed by atoms with Crippen LogP contribution in [0.3, 0.4) is 0 Å². The van der Waals surface area contributed by atoms with E-state index in [9.17, 15) is 35.1 Å². The number of alkyl halides is 12. The minimum Gasteiger partial charge on any atom is -0.494 e. The average molecular weight is 544 g/mol. The van der Waals surface area contributed by atoms with E-state index in [-0.39, 0.29) is 14.2 Å². The van der Waals surface area contributed by atoms with Gasteiger partial charge in [0.1, 0.15) is 0 Å². The zero-order chi connectivity index (χ0) is 27.4. The van der Waals surface area contributed by atoms with Gasteiger partial charge >= 0.3 is 35.5 Å². The third kappa shape index (κ3) is 1.79. The second kappa shape index (κ2) is 6.03. The maximum Gasteiger partial charge on any atom is 0.340 e. The van der Waals surface area contributed by atoms with Crippen molar-refractivity contribution < 1.29 is 71.6 Å². The normalized spacial score (nSPS) is 37.1. The Morgan fingerprint density at radius 2 is 0.583 bits per heavy atom. The van der Waals surface area contributed by atoms with E-state index >= 15 is 17.6 Å². The second-order valence-corrected chi connectivity index (χ2v) is 8.53. The molecule has 0 aliphatic heterocycles. The minimum atomic E-state index is -5.59. The van der Waals surface area contributed by atoms with Crippen molar-refractivity contribution in [3.05, 3.63) is 45.0 Å². The molecule has 5 aliphatic carbocycles. The predicted octanol–water partition coefficient (Wildman–Crippen LogP) is 5.03. The molecule has 5 aliphatic rings. The summed E-state index contributed by atoms with van der Waals surface area (Å²) in [5.74, 6) is -35.9. The monoisotopic (exact) mass is 544 g/mol. The fraction of sp³-hybridized carbons (Fsp3) is 0.600. The van der Waals surface area contributed by atoms with Crippen molar-refractivity contribution in [3.8, 4) is 0 Å². The molecule has 0 spiro atoms. The van der Waals surface area contributed by atoms with Crippen LogP contribution < -0.4 is 0 Å². The smallest absolute Gasteiger partial charge is 0.340 e. The van der Waals surface area contributed by atoms with E-state index in [1.807, 2.05) is 0 Å². The Hall–Kier alpha value is -2.36. The highest BCUT2D eigenvalue weighted by molar-refractivity contribution is 5.83. The van der Waals surface area contributed by atoms with Crippen LogP contribution in [0, 0.1) is 0 Å². The molecule has 4 nitrogen and oxygen atoms in total. The Morgan fingerprint density at radius 1 is 0.361 bits per heavy atom. The van der Waals surface area contributed by atoms with Gasteiger partial charge in [-0.2, -0.15) is 52.7 Å². The number of methoxy groups -OCH3 is 4. The van der Waals surface area contributed by atoms with Gasteiger partial charge in [0, 0.05) is 47.7 Å². The van der Waals surface area contributed by atoms with Crippen molar-refractivity contribution in [3.63, 3.8) is 0 Å². The maximum atomic E-state index is 15.5. The van der Waals surface area contributed by atoms with Gasteiger partial charge in [0.05, 0.1) is 14.2 Å². The summed E-state index contributed by atoms with van der Waals surface area (Å²) in [7, 11) is 1.44. The highest BCUT2D eigenvalue weighted by Crippen LogP contribution is 2.80. The first kappa shape index (κ1) is 25.3. The van der Waals surface area contributed by atoms with Gasteiger partial charge in [-0.3, -0.25) is 0 Å². The number of hydrogen-bond acceptors (Lipinski definition) is 4. The molecular weight excluding hydrogens is 532 g/mol. The summed E-state index contributed by atoms with van der Waals surface area (Å²) in [6.07, 6.45) is 0. The topological polar surface area (TPSA) is 36.9 Å².